The second-order valence-electron chi connectivity index (χ2n) is 5.63. The molecule has 0 amide bonds. The van der Waals surface area contributed by atoms with Gasteiger partial charge in [-0.15, -0.1) is 0 Å². The molecule has 1 aliphatic rings. The number of anilines is 1. The Balaban J connectivity index is 1.86. The van der Waals surface area contributed by atoms with Crippen molar-refractivity contribution in [2.45, 2.75) is 29.6 Å². The van der Waals surface area contributed by atoms with Crippen LogP contribution in [0.15, 0.2) is 24.7 Å². The molecule has 0 aliphatic carbocycles. The smallest absolute Gasteiger partial charge is 0.352 e. The van der Waals surface area contributed by atoms with Crippen LogP contribution in [0.5, 0.6) is 0 Å². The van der Waals surface area contributed by atoms with Crippen LogP contribution in [0.1, 0.15) is 29.4 Å². The van der Waals surface area contributed by atoms with Crippen LogP contribution >= 0.6 is 22.6 Å². The third-order valence-corrected chi connectivity index (χ3v) is 4.72. The lowest BCUT2D eigenvalue weighted by atomic mass is 10.1. The summed E-state index contributed by atoms with van der Waals surface area (Å²) in [5.74, 6) is 0.684. The standard InChI is InChI=1S/C15H15F3IN5/c1-14(19,9-2-3-12(21-6-9)15(16,17)18)24-13-10-7-20-5-4-11(10)22-8-23-13/h2-3,6,8,20H,4-5,7H2,1H3,(H,22,23,24). The first-order valence-corrected chi connectivity index (χ1v) is 8.39. The van der Waals surface area contributed by atoms with Gasteiger partial charge in [-0.1, -0.05) is 6.07 Å². The molecule has 24 heavy (non-hydrogen) atoms. The van der Waals surface area contributed by atoms with Crippen molar-refractivity contribution in [3.8, 4) is 0 Å². The van der Waals surface area contributed by atoms with Crippen LogP contribution in [0.4, 0.5) is 19.0 Å². The van der Waals surface area contributed by atoms with E-state index in [1.807, 2.05) is 6.92 Å². The first kappa shape index (κ1) is 17.3. The number of halogens is 4. The zero-order valence-corrected chi connectivity index (χ0v) is 14.9. The van der Waals surface area contributed by atoms with E-state index in [1.54, 1.807) is 0 Å². The van der Waals surface area contributed by atoms with Crippen LogP contribution in [0.25, 0.3) is 0 Å². The van der Waals surface area contributed by atoms with Gasteiger partial charge in [-0.25, -0.2) is 9.97 Å². The largest absolute Gasteiger partial charge is 0.433 e. The monoisotopic (exact) mass is 449 g/mol. The van der Waals surface area contributed by atoms with Crippen molar-refractivity contribution < 1.29 is 13.2 Å². The molecule has 0 spiro atoms. The molecule has 2 N–H and O–H groups in total. The molecule has 0 radical (unpaired) electrons. The third kappa shape index (κ3) is 3.61. The number of rotatable bonds is 3. The summed E-state index contributed by atoms with van der Waals surface area (Å²) in [5, 5.41) is 6.57. The van der Waals surface area contributed by atoms with Gasteiger partial charge in [0.25, 0.3) is 0 Å². The summed E-state index contributed by atoms with van der Waals surface area (Å²) >= 11 is 2.14. The summed E-state index contributed by atoms with van der Waals surface area (Å²) in [6, 6.07) is 2.42. The minimum absolute atomic E-state index is 0.632. The van der Waals surface area contributed by atoms with Crippen LogP contribution in [-0.2, 0) is 22.7 Å². The van der Waals surface area contributed by atoms with Crippen molar-refractivity contribution in [3.63, 3.8) is 0 Å². The molecule has 128 valence electrons. The quantitative estimate of drug-likeness (QED) is 0.428. The minimum Gasteiger partial charge on any atom is -0.352 e. The van der Waals surface area contributed by atoms with Crippen molar-refractivity contribution in [2.75, 3.05) is 11.9 Å². The summed E-state index contributed by atoms with van der Waals surface area (Å²) in [4.78, 5) is 12.1. The molecule has 0 saturated heterocycles. The molecule has 9 heteroatoms. The summed E-state index contributed by atoms with van der Waals surface area (Å²) in [5.41, 5.74) is 1.71. The van der Waals surface area contributed by atoms with Crippen LogP contribution < -0.4 is 10.6 Å². The SMILES string of the molecule is CC(I)(Nc1ncnc2c1CNCC2)c1ccc(C(F)(F)F)nc1. The Labute approximate surface area is 150 Å². The lowest BCUT2D eigenvalue weighted by molar-refractivity contribution is -0.141. The Hall–Kier alpha value is -1.49. The average molecular weight is 449 g/mol. The van der Waals surface area contributed by atoms with E-state index in [0.29, 0.717) is 17.9 Å². The summed E-state index contributed by atoms with van der Waals surface area (Å²) in [6.45, 7) is 3.40. The summed E-state index contributed by atoms with van der Waals surface area (Å²) in [6.07, 6.45) is -0.865. The van der Waals surface area contributed by atoms with E-state index in [2.05, 4.69) is 48.2 Å². The maximum Gasteiger partial charge on any atom is 0.433 e. The second-order valence-corrected chi connectivity index (χ2v) is 7.79. The molecule has 0 fully saturated rings. The number of nitrogens with zero attached hydrogens (tertiary/aromatic N) is 3. The minimum atomic E-state index is -4.44. The van der Waals surface area contributed by atoms with E-state index in [4.69, 9.17) is 0 Å². The predicted molar refractivity (Wildman–Crippen MR) is 91.7 cm³/mol. The Bertz CT molecular complexity index is 731. The predicted octanol–water partition coefficient (Wildman–Crippen LogP) is 3.26. The highest BCUT2D eigenvalue weighted by Gasteiger charge is 2.33. The van der Waals surface area contributed by atoms with Crippen molar-refractivity contribution in [1.82, 2.24) is 20.3 Å². The van der Waals surface area contributed by atoms with Crippen LogP contribution in [-0.4, -0.2) is 21.5 Å². The second kappa shape index (κ2) is 6.43. The van der Waals surface area contributed by atoms with Crippen molar-refractivity contribution in [2.24, 2.45) is 0 Å². The van der Waals surface area contributed by atoms with Crippen LogP contribution in [0.3, 0.4) is 0 Å². The number of nitrogens with one attached hydrogen (secondary N) is 2. The fourth-order valence-electron chi connectivity index (χ4n) is 2.51. The molecule has 1 aliphatic heterocycles. The fraction of sp³-hybridized carbons (Fsp3) is 0.400. The lowest BCUT2D eigenvalue weighted by Crippen LogP contribution is -2.30. The van der Waals surface area contributed by atoms with Crippen molar-refractivity contribution in [1.29, 1.82) is 0 Å². The normalized spacial score (nSPS) is 17.0. The maximum atomic E-state index is 12.6. The van der Waals surface area contributed by atoms with Gasteiger partial charge in [-0.3, -0.25) is 4.98 Å². The van der Waals surface area contributed by atoms with Gasteiger partial charge in [0.1, 0.15) is 21.4 Å². The summed E-state index contributed by atoms with van der Waals surface area (Å²) < 4.78 is 37.3. The number of pyridine rings is 1. The van der Waals surface area contributed by atoms with Crippen molar-refractivity contribution in [3.05, 3.63) is 47.2 Å². The van der Waals surface area contributed by atoms with Crippen LogP contribution in [0, 0.1) is 0 Å². The molecule has 0 bridgehead atoms. The van der Waals surface area contributed by atoms with E-state index in [0.717, 1.165) is 30.3 Å². The molecular formula is C15H15F3IN5. The Kier molecular flexibility index (Phi) is 4.65. The summed E-state index contributed by atoms with van der Waals surface area (Å²) in [7, 11) is 0. The van der Waals surface area contributed by atoms with Gasteiger partial charge in [0.05, 0.1) is 5.69 Å². The number of fused-ring (bicyclic) bond motifs is 1. The molecule has 1 atom stereocenters. The Morgan fingerprint density at radius 1 is 1.21 bits per heavy atom. The lowest BCUT2D eigenvalue weighted by Gasteiger charge is -2.28. The molecule has 2 aromatic rings. The molecular weight excluding hydrogens is 434 g/mol. The van der Waals surface area contributed by atoms with E-state index in [1.165, 1.54) is 18.6 Å². The van der Waals surface area contributed by atoms with E-state index in [9.17, 15) is 13.2 Å². The van der Waals surface area contributed by atoms with E-state index < -0.39 is 15.4 Å². The average Bonchev–Trinajstić information content (AvgIpc) is 2.54. The van der Waals surface area contributed by atoms with E-state index in [-0.39, 0.29) is 0 Å². The topological polar surface area (TPSA) is 62.7 Å². The van der Waals surface area contributed by atoms with Gasteiger partial charge in [-0.05, 0) is 35.6 Å². The molecule has 3 heterocycles. The third-order valence-electron chi connectivity index (χ3n) is 3.82. The van der Waals surface area contributed by atoms with Crippen LogP contribution in [0.2, 0.25) is 0 Å². The van der Waals surface area contributed by atoms with E-state index >= 15 is 0 Å². The molecule has 1 unspecified atom stereocenters. The zero-order chi connectivity index (χ0) is 17.4. The number of aromatic nitrogens is 3. The van der Waals surface area contributed by atoms with Gasteiger partial charge in [0, 0.05) is 36.8 Å². The maximum absolute atomic E-state index is 12.6. The first-order valence-electron chi connectivity index (χ1n) is 7.31. The van der Waals surface area contributed by atoms with Gasteiger partial charge < -0.3 is 10.6 Å². The molecule has 0 aromatic carbocycles. The van der Waals surface area contributed by atoms with Gasteiger partial charge in [-0.2, -0.15) is 13.2 Å². The highest BCUT2D eigenvalue weighted by molar-refractivity contribution is 14.1. The van der Waals surface area contributed by atoms with Gasteiger partial charge >= 0.3 is 6.18 Å². The van der Waals surface area contributed by atoms with Crippen molar-refractivity contribution >= 4 is 28.4 Å². The fourth-order valence-corrected chi connectivity index (χ4v) is 3.09. The Morgan fingerprint density at radius 3 is 2.67 bits per heavy atom. The number of alkyl halides is 4. The highest BCUT2D eigenvalue weighted by atomic mass is 127. The van der Waals surface area contributed by atoms with Gasteiger partial charge in [0.15, 0.2) is 0 Å². The molecule has 3 rings (SSSR count). The number of hydrogen-bond donors (Lipinski definition) is 2. The first-order chi connectivity index (χ1) is 11.3. The van der Waals surface area contributed by atoms with Gasteiger partial charge in [0.2, 0.25) is 0 Å². The number of hydrogen-bond acceptors (Lipinski definition) is 5. The Morgan fingerprint density at radius 2 is 2.00 bits per heavy atom. The highest BCUT2D eigenvalue weighted by Crippen LogP contribution is 2.35. The molecule has 0 saturated carbocycles. The zero-order valence-electron chi connectivity index (χ0n) is 12.8. The molecule has 2 aromatic heterocycles. The molecule has 5 nitrogen and oxygen atoms in total.